The van der Waals surface area contributed by atoms with Crippen LogP contribution in [0.2, 0.25) is 0 Å². The molecule has 0 saturated carbocycles. The Balaban J connectivity index is 3.06. The zero-order valence-corrected chi connectivity index (χ0v) is 17.8. The summed E-state index contributed by atoms with van der Waals surface area (Å²) in [5, 5.41) is 12.5. The van der Waals surface area contributed by atoms with Crippen LogP contribution in [0.1, 0.15) is 20.8 Å². The fourth-order valence-electron chi connectivity index (χ4n) is 2.40. The number of alkyl carbamates (subject to hydrolysis) is 1. The van der Waals surface area contributed by atoms with Crippen molar-refractivity contribution in [2.24, 2.45) is 0 Å². The van der Waals surface area contributed by atoms with E-state index in [1.807, 2.05) is 0 Å². The highest BCUT2D eigenvalue weighted by Gasteiger charge is 2.50. The molecule has 0 spiro atoms. The molecule has 1 aliphatic rings. The first-order valence-electron chi connectivity index (χ1n) is 8.11. The van der Waals surface area contributed by atoms with E-state index in [0.717, 1.165) is 20.8 Å². The number of rotatable bonds is 6. The maximum atomic E-state index is 12.0. The van der Waals surface area contributed by atoms with Gasteiger partial charge in [0.1, 0.15) is 25.4 Å². The number of hydrogen-bond donors (Lipinski definition) is 2. The lowest BCUT2D eigenvalue weighted by atomic mass is 9.96. The lowest BCUT2D eigenvalue weighted by molar-refractivity contribution is -0.264. The summed E-state index contributed by atoms with van der Waals surface area (Å²) in [7, 11) is 0. The van der Waals surface area contributed by atoms with E-state index in [9.17, 15) is 24.3 Å². The lowest BCUT2D eigenvalue weighted by Gasteiger charge is -2.43. The average molecular weight is 481 g/mol. The summed E-state index contributed by atoms with van der Waals surface area (Å²) < 4.78 is 23.2. The number of aliphatic hydroxyl groups is 1. The van der Waals surface area contributed by atoms with Crippen LogP contribution < -0.4 is 5.32 Å². The third-order valence-electron chi connectivity index (χ3n) is 3.37. The third-order valence-corrected chi connectivity index (χ3v) is 3.70. The van der Waals surface area contributed by atoms with Crippen molar-refractivity contribution >= 4 is 58.8 Å². The topological polar surface area (TPSA) is 147 Å². The Morgan fingerprint density at radius 2 is 1.52 bits per heavy atom. The van der Waals surface area contributed by atoms with Crippen LogP contribution in [0.4, 0.5) is 4.79 Å². The molecular weight excluding hydrogens is 461 g/mol. The van der Waals surface area contributed by atoms with Gasteiger partial charge in [0.15, 0.2) is 18.5 Å². The standard InChI is InChI=1S/C15H20Cl3NO10/c1-6(20)25-4-9-11(27-7(2)21)12(28-8(3)22)10(13(23)29-9)19-14(24)26-5-15(16,17)18/h9-13,23H,4-5H2,1-3H3,(H,19,24)/t9?,10?,11-,12?,13+/m1/s1. The number of nitrogens with one attached hydrogen (secondary N) is 1. The van der Waals surface area contributed by atoms with Crippen LogP contribution in [0.3, 0.4) is 0 Å². The van der Waals surface area contributed by atoms with Crippen molar-refractivity contribution in [2.45, 2.75) is 55.2 Å². The third kappa shape index (κ3) is 9.22. The summed E-state index contributed by atoms with van der Waals surface area (Å²) in [5.74, 6) is -2.25. The van der Waals surface area contributed by atoms with Gasteiger partial charge in [-0.15, -0.1) is 0 Å². The van der Waals surface area contributed by atoms with E-state index in [1.54, 1.807) is 0 Å². The fraction of sp³-hybridized carbons (Fsp3) is 0.733. The number of ether oxygens (including phenoxy) is 5. The molecule has 1 saturated heterocycles. The van der Waals surface area contributed by atoms with E-state index in [-0.39, 0.29) is 0 Å². The summed E-state index contributed by atoms with van der Waals surface area (Å²) in [6, 6.07) is -1.43. The van der Waals surface area contributed by atoms with Crippen molar-refractivity contribution in [3.63, 3.8) is 0 Å². The largest absolute Gasteiger partial charge is 0.463 e. The number of amides is 1. The Bertz CT molecular complexity index is 626. The minimum atomic E-state index is -1.89. The van der Waals surface area contributed by atoms with E-state index in [1.165, 1.54) is 0 Å². The monoisotopic (exact) mass is 479 g/mol. The fourth-order valence-corrected chi connectivity index (χ4v) is 2.56. The first-order chi connectivity index (χ1) is 13.3. The summed E-state index contributed by atoms with van der Waals surface area (Å²) in [6.45, 7) is 2.23. The molecule has 1 rings (SSSR count). The first-order valence-corrected chi connectivity index (χ1v) is 9.25. The van der Waals surface area contributed by atoms with Crippen LogP contribution in [-0.4, -0.2) is 76.8 Å². The van der Waals surface area contributed by atoms with Gasteiger partial charge in [0, 0.05) is 20.8 Å². The first kappa shape index (κ1) is 25.5. The van der Waals surface area contributed by atoms with Crippen molar-refractivity contribution in [3.8, 4) is 0 Å². The van der Waals surface area contributed by atoms with Crippen LogP contribution in [0.15, 0.2) is 0 Å². The lowest BCUT2D eigenvalue weighted by Crippen LogP contribution is -2.66. The van der Waals surface area contributed by atoms with Crippen molar-refractivity contribution < 1.29 is 48.0 Å². The molecule has 5 atom stereocenters. The second-order valence-electron chi connectivity index (χ2n) is 5.88. The molecule has 0 bridgehead atoms. The van der Waals surface area contributed by atoms with E-state index >= 15 is 0 Å². The van der Waals surface area contributed by atoms with Gasteiger partial charge in [-0.1, -0.05) is 34.8 Å². The summed E-state index contributed by atoms with van der Waals surface area (Å²) in [4.78, 5) is 46.1. The number of hydrogen-bond acceptors (Lipinski definition) is 10. The van der Waals surface area contributed by atoms with Gasteiger partial charge in [-0.05, 0) is 0 Å². The van der Waals surface area contributed by atoms with E-state index in [4.69, 9.17) is 58.5 Å². The molecule has 0 aromatic carbocycles. The second kappa shape index (κ2) is 11.0. The Kier molecular flexibility index (Phi) is 9.69. The number of alkyl halides is 3. The Morgan fingerprint density at radius 3 is 2.00 bits per heavy atom. The van der Waals surface area contributed by atoms with Crippen molar-refractivity contribution in [2.75, 3.05) is 13.2 Å². The van der Waals surface area contributed by atoms with Crippen molar-refractivity contribution in [1.82, 2.24) is 5.32 Å². The smallest absolute Gasteiger partial charge is 0.407 e. The maximum Gasteiger partial charge on any atom is 0.407 e. The number of aliphatic hydroxyl groups excluding tert-OH is 1. The normalized spacial score (nSPS) is 26.8. The molecule has 1 fully saturated rings. The number of carbonyl (C=O) groups excluding carboxylic acids is 4. The molecular formula is C15H20Cl3NO10. The molecule has 0 aromatic rings. The summed E-state index contributed by atoms with van der Waals surface area (Å²) in [5.41, 5.74) is 0. The molecule has 0 aromatic heterocycles. The molecule has 0 aliphatic carbocycles. The van der Waals surface area contributed by atoms with Gasteiger partial charge in [0.2, 0.25) is 3.79 Å². The predicted octanol–water partition coefficient (Wildman–Crippen LogP) is 0.595. The van der Waals surface area contributed by atoms with Gasteiger partial charge in [-0.3, -0.25) is 14.4 Å². The Hall–Kier alpha value is -1.53. The molecule has 166 valence electrons. The van der Waals surface area contributed by atoms with Crippen LogP contribution in [0, 0.1) is 0 Å². The number of halogens is 3. The average Bonchev–Trinajstić information content (AvgIpc) is 2.55. The SMILES string of the molecule is CC(=O)OCC1O[C@H](O)C(NC(=O)OCC(Cl)(Cl)Cl)C(OC(C)=O)[C@@H]1OC(C)=O. The molecule has 11 nitrogen and oxygen atoms in total. The molecule has 3 unspecified atom stereocenters. The zero-order valence-electron chi connectivity index (χ0n) is 15.6. The Labute approximate surface area is 180 Å². The minimum Gasteiger partial charge on any atom is -0.463 e. The highest BCUT2D eigenvalue weighted by atomic mass is 35.6. The summed E-state index contributed by atoms with van der Waals surface area (Å²) in [6.07, 6.45) is -6.84. The quantitative estimate of drug-likeness (QED) is 0.314. The molecule has 1 heterocycles. The van der Waals surface area contributed by atoms with Gasteiger partial charge in [-0.25, -0.2) is 4.79 Å². The van der Waals surface area contributed by atoms with E-state index < -0.39 is 71.7 Å². The van der Waals surface area contributed by atoms with Gasteiger partial charge in [0.25, 0.3) is 0 Å². The van der Waals surface area contributed by atoms with Gasteiger partial charge >= 0.3 is 24.0 Å². The van der Waals surface area contributed by atoms with E-state index in [2.05, 4.69) is 5.32 Å². The molecule has 1 amide bonds. The maximum absolute atomic E-state index is 12.0. The molecule has 1 aliphatic heterocycles. The van der Waals surface area contributed by atoms with Crippen LogP contribution in [0.25, 0.3) is 0 Å². The van der Waals surface area contributed by atoms with E-state index in [0.29, 0.717) is 0 Å². The highest BCUT2D eigenvalue weighted by Crippen LogP contribution is 2.27. The van der Waals surface area contributed by atoms with Crippen molar-refractivity contribution in [3.05, 3.63) is 0 Å². The molecule has 0 radical (unpaired) electrons. The summed E-state index contributed by atoms with van der Waals surface area (Å²) >= 11 is 16.5. The zero-order chi connectivity index (χ0) is 22.4. The second-order valence-corrected chi connectivity index (χ2v) is 8.39. The van der Waals surface area contributed by atoms with Gasteiger partial charge < -0.3 is 34.1 Å². The Morgan fingerprint density at radius 1 is 0.966 bits per heavy atom. The molecule has 14 heteroatoms. The molecule has 2 N–H and O–H groups in total. The van der Waals surface area contributed by atoms with Gasteiger partial charge in [-0.2, -0.15) is 0 Å². The minimum absolute atomic E-state index is 0.424. The van der Waals surface area contributed by atoms with Crippen LogP contribution in [-0.2, 0) is 38.1 Å². The van der Waals surface area contributed by atoms with Gasteiger partial charge in [0.05, 0.1) is 0 Å². The van der Waals surface area contributed by atoms with Crippen LogP contribution >= 0.6 is 34.8 Å². The van der Waals surface area contributed by atoms with Crippen molar-refractivity contribution in [1.29, 1.82) is 0 Å². The molecule has 29 heavy (non-hydrogen) atoms. The number of carbonyl (C=O) groups is 4. The number of esters is 3. The predicted molar refractivity (Wildman–Crippen MR) is 97.2 cm³/mol. The highest BCUT2D eigenvalue weighted by molar-refractivity contribution is 6.67. The van der Waals surface area contributed by atoms with Crippen LogP contribution in [0.5, 0.6) is 0 Å².